The van der Waals surface area contributed by atoms with Crippen molar-refractivity contribution in [2.24, 2.45) is 16.6 Å². The summed E-state index contributed by atoms with van der Waals surface area (Å²) in [5.41, 5.74) is 6.69. The van der Waals surface area contributed by atoms with Crippen LogP contribution in [0.3, 0.4) is 0 Å². The van der Waals surface area contributed by atoms with E-state index in [0.29, 0.717) is 16.9 Å². The minimum Gasteiger partial charge on any atom is -0.330 e. The summed E-state index contributed by atoms with van der Waals surface area (Å²) in [6.07, 6.45) is 4.02. The van der Waals surface area contributed by atoms with Gasteiger partial charge in [0.05, 0.1) is 0 Å². The van der Waals surface area contributed by atoms with E-state index in [4.69, 9.17) is 5.73 Å². The van der Waals surface area contributed by atoms with Crippen LogP contribution in [0.15, 0.2) is 0 Å². The zero-order valence-corrected chi connectivity index (χ0v) is 11.1. The molecule has 0 aromatic rings. The van der Waals surface area contributed by atoms with Crippen LogP contribution in [0.1, 0.15) is 47.0 Å². The molecule has 1 aliphatic rings. The smallest absolute Gasteiger partial charge is 0.0113 e. The molecule has 1 saturated carbocycles. The first-order valence-corrected chi connectivity index (χ1v) is 6.21. The van der Waals surface area contributed by atoms with Crippen LogP contribution in [0.5, 0.6) is 0 Å². The first-order valence-electron chi connectivity index (χ1n) is 6.21. The molecule has 1 fully saturated rings. The van der Waals surface area contributed by atoms with Gasteiger partial charge in [-0.05, 0) is 44.2 Å². The lowest BCUT2D eigenvalue weighted by atomic mass is 9.68. The van der Waals surface area contributed by atoms with E-state index in [1.54, 1.807) is 0 Å². The average Bonchev–Trinajstić information content (AvgIpc) is 2.08. The maximum atomic E-state index is 5.90. The molecule has 0 aliphatic heterocycles. The van der Waals surface area contributed by atoms with Crippen LogP contribution in [-0.2, 0) is 0 Å². The van der Waals surface area contributed by atoms with Crippen molar-refractivity contribution in [3.63, 3.8) is 0 Å². The third kappa shape index (κ3) is 2.94. The normalized spacial score (nSPS) is 22.6. The fraction of sp³-hybridized carbons (Fsp3) is 1.00. The Morgan fingerprint density at radius 3 is 2.13 bits per heavy atom. The van der Waals surface area contributed by atoms with Crippen molar-refractivity contribution in [1.29, 1.82) is 0 Å². The predicted octanol–water partition coefficient (Wildman–Crippen LogP) is 2.48. The molecule has 15 heavy (non-hydrogen) atoms. The van der Waals surface area contributed by atoms with Crippen molar-refractivity contribution >= 4 is 0 Å². The van der Waals surface area contributed by atoms with Crippen LogP contribution in [-0.4, -0.2) is 31.1 Å². The average molecular weight is 212 g/mol. The second-order valence-electron chi connectivity index (χ2n) is 6.51. The van der Waals surface area contributed by atoms with Crippen LogP contribution in [0.4, 0.5) is 0 Å². The molecule has 2 nitrogen and oxygen atoms in total. The number of hydrogen-bond donors (Lipinski definition) is 1. The lowest BCUT2D eigenvalue weighted by Gasteiger charge is -2.47. The molecule has 0 heterocycles. The van der Waals surface area contributed by atoms with Crippen molar-refractivity contribution in [3.8, 4) is 0 Å². The second kappa shape index (κ2) is 4.42. The van der Waals surface area contributed by atoms with Crippen molar-refractivity contribution in [3.05, 3.63) is 0 Å². The molecule has 0 bridgehead atoms. The van der Waals surface area contributed by atoms with E-state index in [-0.39, 0.29) is 0 Å². The van der Waals surface area contributed by atoms with Gasteiger partial charge in [0.1, 0.15) is 0 Å². The van der Waals surface area contributed by atoms with Gasteiger partial charge in [0, 0.05) is 12.6 Å². The highest BCUT2D eigenvalue weighted by atomic mass is 15.1. The lowest BCUT2D eigenvalue weighted by Crippen LogP contribution is -2.50. The van der Waals surface area contributed by atoms with Gasteiger partial charge in [-0.1, -0.05) is 27.2 Å². The van der Waals surface area contributed by atoms with Crippen LogP contribution < -0.4 is 5.73 Å². The van der Waals surface area contributed by atoms with E-state index in [2.05, 4.69) is 39.6 Å². The summed E-state index contributed by atoms with van der Waals surface area (Å²) in [6, 6.07) is 0.613. The summed E-state index contributed by atoms with van der Waals surface area (Å²) in [4.78, 5) is 2.49. The summed E-state index contributed by atoms with van der Waals surface area (Å²) in [5.74, 6) is 0. The number of nitrogens with two attached hydrogens (primary N) is 1. The Morgan fingerprint density at radius 1 is 1.33 bits per heavy atom. The van der Waals surface area contributed by atoms with Crippen molar-refractivity contribution in [2.45, 2.75) is 53.0 Å². The molecule has 0 aromatic carbocycles. The van der Waals surface area contributed by atoms with E-state index >= 15 is 0 Å². The molecule has 0 saturated heterocycles. The highest BCUT2D eigenvalue weighted by molar-refractivity contribution is 4.92. The summed E-state index contributed by atoms with van der Waals surface area (Å²) in [5, 5.41) is 0. The maximum Gasteiger partial charge on any atom is 0.0113 e. The summed E-state index contributed by atoms with van der Waals surface area (Å²) in [7, 11) is 2.24. The summed E-state index contributed by atoms with van der Waals surface area (Å²) >= 11 is 0. The van der Waals surface area contributed by atoms with Gasteiger partial charge >= 0.3 is 0 Å². The topological polar surface area (TPSA) is 29.3 Å². The third-order valence-corrected chi connectivity index (χ3v) is 4.35. The largest absolute Gasteiger partial charge is 0.330 e. The van der Waals surface area contributed by atoms with Crippen molar-refractivity contribution < 1.29 is 0 Å². The standard InChI is InChI=1S/C13H28N2/c1-11(12(2,3)4)15(5)10-13(9-14)7-6-8-13/h11H,6-10,14H2,1-5H3. The third-order valence-electron chi connectivity index (χ3n) is 4.35. The Morgan fingerprint density at radius 2 is 1.87 bits per heavy atom. The molecule has 1 aliphatic carbocycles. The van der Waals surface area contributed by atoms with Crippen LogP contribution in [0, 0.1) is 10.8 Å². The number of nitrogens with zero attached hydrogens (tertiary/aromatic N) is 1. The second-order valence-corrected chi connectivity index (χ2v) is 6.51. The number of rotatable bonds is 4. The molecule has 1 atom stereocenters. The zero-order valence-electron chi connectivity index (χ0n) is 11.1. The minimum atomic E-state index is 0.355. The summed E-state index contributed by atoms with van der Waals surface area (Å²) in [6.45, 7) is 11.3. The van der Waals surface area contributed by atoms with Gasteiger partial charge in [0.25, 0.3) is 0 Å². The highest BCUT2D eigenvalue weighted by Crippen LogP contribution is 2.41. The van der Waals surface area contributed by atoms with Gasteiger partial charge in [0.15, 0.2) is 0 Å². The summed E-state index contributed by atoms with van der Waals surface area (Å²) < 4.78 is 0. The molecule has 0 spiro atoms. The molecule has 1 rings (SSSR count). The predicted molar refractivity (Wildman–Crippen MR) is 66.9 cm³/mol. The van der Waals surface area contributed by atoms with E-state index in [1.807, 2.05) is 0 Å². The Labute approximate surface area is 95.2 Å². The Balaban J connectivity index is 2.51. The fourth-order valence-electron chi connectivity index (χ4n) is 2.43. The van der Waals surface area contributed by atoms with Crippen molar-refractivity contribution in [1.82, 2.24) is 4.90 Å². The van der Waals surface area contributed by atoms with E-state index < -0.39 is 0 Å². The molecular weight excluding hydrogens is 184 g/mol. The first-order chi connectivity index (χ1) is 6.81. The fourth-order valence-corrected chi connectivity index (χ4v) is 2.43. The van der Waals surface area contributed by atoms with E-state index in [9.17, 15) is 0 Å². The molecule has 0 aromatic heterocycles. The Hall–Kier alpha value is -0.0800. The monoisotopic (exact) mass is 212 g/mol. The first kappa shape index (κ1) is 13.0. The van der Waals surface area contributed by atoms with E-state index in [1.165, 1.54) is 25.8 Å². The van der Waals surface area contributed by atoms with Crippen LogP contribution in [0.25, 0.3) is 0 Å². The van der Waals surface area contributed by atoms with Gasteiger partial charge in [-0.2, -0.15) is 0 Å². The lowest BCUT2D eigenvalue weighted by molar-refractivity contribution is 0.0411. The molecule has 0 radical (unpaired) electrons. The van der Waals surface area contributed by atoms with Gasteiger partial charge in [-0.25, -0.2) is 0 Å². The minimum absolute atomic E-state index is 0.355. The molecule has 1 unspecified atom stereocenters. The van der Waals surface area contributed by atoms with Crippen LogP contribution in [0.2, 0.25) is 0 Å². The zero-order chi connectivity index (χ0) is 11.7. The molecule has 0 amide bonds. The maximum absolute atomic E-state index is 5.90. The molecule has 90 valence electrons. The Bertz CT molecular complexity index is 196. The van der Waals surface area contributed by atoms with Gasteiger partial charge in [-0.15, -0.1) is 0 Å². The Kier molecular flexibility index (Phi) is 3.83. The van der Waals surface area contributed by atoms with Gasteiger partial charge < -0.3 is 10.6 Å². The molecule has 2 heteroatoms. The molecule has 2 N–H and O–H groups in total. The number of hydrogen-bond acceptors (Lipinski definition) is 2. The van der Waals surface area contributed by atoms with Gasteiger partial charge in [0.2, 0.25) is 0 Å². The SMILES string of the molecule is CC(N(C)CC1(CN)CCC1)C(C)(C)C. The molecular formula is C13H28N2. The van der Waals surface area contributed by atoms with Gasteiger partial charge in [-0.3, -0.25) is 0 Å². The van der Waals surface area contributed by atoms with Crippen LogP contribution >= 0.6 is 0 Å². The quantitative estimate of drug-likeness (QED) is 0.776. The van der Waals surface area contributed by atoms with E-state index in [0.717, 1.165) is 6.54 Å². The van der Waals surface area contributed by atoms with Crippen molar-refractivity contribution in [2.75, 3.05) is 20.1 Å². The highest BCUT2D eigenvalue weighted by Gasteiger charge is 2.38.